The maximum absolute atomic E-state index is 12.7. The second-order valence-corrected chi connectivity index (χ2v) is 8.11. The van der Waals surface area contributed by atoms with Gasteiger partial charge in [-0.2, -0.15) is 0 Å². The van der Waals surface area contributed by atoms with Crippen LogP contribution in [0.15, 0.2) is 114 Å². The highest BCUT2D eigenvalue weighted by Gasteiger charge is 2.17. The molecule has 2 aromatic heterocycles. The number of benzene rings is 3. The van der Waals surface area contributed by atoms with Crippen LogP contribution in [-0.4, -0.2) is 15.9 Å². The molecule has 0 unspecified atom stereocenters. The standard InChI is InChI=1S/C31H23N3O2/c35-28(33-27-16-9-10-23(22-27)17-18-26-15-7-8-21-32-26)19-20-29-34-30(24-11-3-1-4-12-24)31(36-29)25-13-5-2-6-14-25/h1-16,21-22H,19-20H2,(H,33,35). The number of pyridine rings is 1. The molecule has 0 radical (unpaired) electrons. The monoisotopic (exact) mass is 469 g/mol. The van der Waals surface area contributed by atoms with Crippen LogP contribution in [0.3, 0.4) is 0 Å². The number of aromatic nitrogens is 2. The molecule has 2 heterocycles. The minimum absolute atomic E-state index is 0.120. The van der Waals surface area contributed by atoms with E-state index in [0.29, 0.717) is 29.5 Å². The number of amides is 1. The topological polar surface area (TPSA) is 68.0 Å². The van der Waals surface area contributed by atoms with Crippen molar-refractivity contribution in [3.05, 3.63) is 126 Å². The summed E-state index contributed by atoms with van der Waals surface area (Å²) >= 11 is 0. The van der Waals surface area contributed by atoms with E-state index in [1.54, 1.807) is 6.20 Å². The molecule has 1 amide bonds. The van der Waals surface area contributed by atoms with Gasteiger partial charge in [-0.05, 0) is 36.3 Å². The summed E-state index contributed by atoms with van der Waals surface area (Å²) in [5.74, 6) is 7.22. The summed E-state index contributed by atoms with van der Waals surface area (Å²) in [5, 5.41) is 2.94. The highest BCUT2D eigenvalue weighted by atomic mass is 16.4. The Hall–Kier alpha value is -4.95. The van der Waals surface area contributed by atoms with Gasteiger partial charge in [0.25, 0.3) is 0 Å². The minimum Gasteiger partial charge on any atom is -0.440 e. The van der Waals surface area contributed by atoms with E-state index in [0.717, 1.165) is 22.4 Å². The van der Waals surface area contributed by atoms with Crippen molar-refractivity contribution in [3.63, 3.8) is 0 Å². The Morgan fingerprint density at radius 2 is 1.56 bits per heavy atom. The van der Waals surface area contributed by atoms with Crippen LogP contribution >= 0.6 is 0 Å². The Bertz CT molecular complexity index is 1460. The summed E-state index contributed by atoms with van der Waals surface area (Å²) in [6, 6.07) is 32.9. The number of carbonyl (C=O) groups is 1. The summed E-state index contributed by atoms with van der Waals surface area (Å²) < 4.78 is 6.13. The van der Waals surface area contributed by atoms with Gasteiger partial charge in [0.05, 0.1) is 0 Å². The predicted octanol–water partition coefficient (Wildman–Crippen LogP) is 6.37. The molecule has 0 fully saturated rings. The highest BCUT2D eigenvalue weighted by molar-refractivity contribution is 5.91. The van der Waals surface area contributed by atoms with Gasteiger partial charge in [0.15, 0.2) is 11.7 Å². The summed E-state index contributed by atoms with van der Waals surface area (Å²) in [5.41, 5.74) is 4.88. The second kappa shape index (κ2) is 11.0. The molecule has 174 valence electrons. The Morgan fingerprint density at radius 3 is 2.31 bits per heavy atom. The third-order valence-electron chi connectivity index (χ3n) is 5.47. The van der Waals surface area contributed by atoms with Gasteiger partial charge >= 0.3 is 0 Å². The van der Waals surface area contributed by atoms with Crippen LogP contribution in [0.1, 0.15) is 23.6 Å². The van der Waals surface area contributed by atoms with Crippen LogP contribution in [-0.2, 0) is 11.2 Å². The fourth-order valence-electron chi connectivity index (χ4n) is 3.74. The average Bonchev–Trinajstić information content (AvgIpc) is 3.37. The summed E-state index contributed by atoms with van der Waals surface area (Å²) in [4.78, 5) is 21.6. The fraction of sp³-hybridized carbons (Fsp3) is 0.0645. The maximum atomic E-state index is 12.7. The molecule has 0 aliphatic rings. The Balaban J connectivity index is 1.27. The Kier molecular flexibility index (Phi) is 6.96. The normalized spacial score (nSPS) is 10.3. The van der Waals surface area contributed by atoms with Gasteiger partial charge in [0.1, 0.15) is 11.4 Å². The number of nitrogens with one attached hydrogen (secondary N) is 1. The van der Waals surface area contributed by atoms with Crippen molar-refractivity contribution in [1.82, 2.24) is 9.97 Å². The van der Waals surface area contributed by atoms with E-state index in [-0.39, 0.29) is 12.3 Å². The molecular weight excluding hydrogens is 446 g/mol. The smallest absolute Gasteiger partial charge is 0.224 e. The molecule has 5 heteroatoms. The number of hydrogen-bond acceptors (Lipinski definition) is 4. The van der Waals surface area contributed by atoms with Gasteiger partial charge in [0.2, 0.25) is 5.91 Å². The van der Waals surface area contributed by atoms with Crippen molar-refractivity contribution in [2.24, 2.45) is 0 Å². The van der Waals surface area contributed by atoms with E-state index >= 15 is 0 Å². The molecule has 0 atom stereocenters. The van der Waals surface area contributed by atoms with Crippen LogP contribution < -0.4 is 5.32 Å². The molecule has 3 aromatic carbocycles. The molecule has 1 N–H and O–H groups in total. The highest BCUT2D eigenvalue weighted by Crippen LogP contribution is 2.32. The van der Waals surface area contributed by atoms with Crippen LogP contribution in [0.25, 0.3) is 22.6 Å². The maximum Gasteiger partial charge on any atom is 0.224 e. The Morgan fingerprint density at radius 1 is 0.806 bits per heavy atom. The molecule has 0 spiro atoms. The van der Waals surface area contributed by atoms with E-state index < -0.39 is 0 Å². The van der Waals surface area contributed by atoms with Crippen LogP contribution in [0.2, 0.25) is 0 Å². The lowest BCUT2D eigenvalue weighted by molar-refractivity contribution is -0.116. The lowest BCUT2D eigenvalue weighted by Gasteiger charge is -2.04. The van der Waals surface area contributed by atoms with Crippen LogP contribution in [0.4, 0.5) is 5.69 Å². The van der Waals surface area contributed by atoms with Gasteiger partial charge in [-0.1, -0.05) is 78.7 Å². The van der Waals surface area contributed by atoms with E-state index in [2.05, 4.69) is 22.1 Å². The van der Waals surface area contributed by atoms with Crippen LogP contribution in [0.5, 0.6) is 0 Å². The molecule has 0 bridgehead atoms. The quantitative estimate of drug-likeness (QED) is 0.293. The number of anilines is 1. The predicted molar refractivity (Wildman–Crippen MR) is 141 cm³/mol. The van der Waals surface area contributed by atoms with Gasteiger partial charge in [0, 0.05) is 41.4 Å². The van der Waals surface area contributed by atoms with Crippen molar-refractivity contribution < 1.29 is 9.21 Å². The molecule has 5 nitrogen and oxygen atoms in total. The third-order valence-corrected chi connectivity index (χ3v) is 5.47. The number of hydrogen-bond donors (Lipinski definition) is 1. The molecule has 0 aliphatic heterocycles. The van der Waals surface area contributed by atoms with Crippen molar-refractivity contribution in [1.29, 1.82) is 0 Å². The SMILES string of the molecule is O=C(CCc1nc(-c2ccccc2)c(-c2ccccc2)o1)Nc1cccc(C#Cc2ccccn2)c1. The zero-order chi connectivity index (χ0) is 24.6. The molecule has 5 rings (SSSR count). The molecule has 0 saturated heterocycles. The first kappa shape index (κ1) is 22.8. The first-order valence-electron chi connectivity index (χ1n) is 11.7. The third kappa shape index (κ3) is 5.75. The first-order chi connectivity index (χ1) is 17.7. The number of rotatable bonds is 6. The number of nitrogens with zero attached hydrogens (tertiary/aromatic N) is 2. The Labute approximate surface area is 209 Å². The summed E-state index contributed by atoms with van der Waals surface area (Å²) in [7, 11) is 0. The zero-order valence-electron chi connectivity index (χ0n) is 19.5. The molecule has 5 aromatic rings. The summed E-state index contributed by atoms with van der Waals surface area (Å²) in [6.45, 7) is 0. The van der Waals surface area contributed by atoms with Gasteiger partial charge in [-0.15, -0.1) is 0 Å². The largest absolute Gasteiger partial charge is 0.440 e. The first-order valence-corrected chi connectivity index (χ1v) is 11.7. The minimum atomic E-state index is -0.120. The average molecular weight is 470 g/mol. The molecule has 0 saturated carbocycles. The van der Waals surface area contributed by atoms with Crippen molar-refractivity contribution in [3.8, 4) is 34.4 Å². The number of carbonyl (C=O) groups excluding carboxylic acids is 1. The van der Waals surface area contributed by atoms with E-state index in [4.69, 9.17) is 9.40 Å². The summed E-state index contributed by atoms with van der Waals surface area (Å²) in [6.07, 6.45) is 2.34. The lowest BCUT2D eigenvalue weighted by atomic mass is 10.1. The van der Waals surface area contributed by atoms with E-state index in [9.17, 15) is 4.79 Å². The number of oxazole rings is 1. The van der Waals surface area contributed by atoms with Crippen molar-refractivity contribution >= 4 is 11.6 Å². The fourth-order valence-corrected chi connectivity index (χ4v) is 3.74. The number of aryl methyl sites for hydroxylation is 1. The van der Waals surface area contributed by atoms with E-state index in [1.807, 2.05) is 103 Å². The van der Waals surface area contributed by atoms with E-state index in [1.165, 1.54) is 0 Å². The van der Waals surface area contributed by atoms with Gasteiger partial charge < -0.3 is 9.73 Å². The van der Waals surface area contributed by atoms with Crippen molar-refractivity contribution in [2.45, 2.75) is 12.8 Å². The lowest BCUT2D eigenvalue weighted by Crippen LogP contribution is -2.12. The second-order valence-electron chi connectivity index (χ2n) is 8.11. The molecule has 0 aliphatic carbocycles. The molecule has 36 heavy (non-hydrogen) atoms. The van der Waals surface area contributed by atoms with Gasteiger partial charge in [-0.3, -0.25) is 4.79 Å². The van der Waals surface area contributed by atoms with Crippen LogP contribution in [0, 0.1) is 11.8 Å². The molecular formula is C31H23N3O2. The van der Waals surface area contributed by atoms with Gasteiger partial charge in [-0.25, -0.2) is 9.97 Å². The zero-order valence-corrected chi connectivity index (χ0v) is 19.5. The van der Waals surface area contributed by atoms with Crippen molar-refractivity contribution in [2.75, 3.05) is 5.32 Å².